The van der Waals surface area contributed by atoms with Crippen molar-refractivity contribution in [2.45, 2.75) is 71.4 Å². The number of rotatable bonds is 2. The molecule has 0 unspecified atom stereocenters. The Morgan fingerprint density at radius 2 is 1.86 bits per heavy atom. The molecule has 0 aromatic carbocycles. The predicted octanol–water partition coefficient (Wildman–Crippen LogP) is 4.81. The summed E-state index contributed by atoms with van der Waals surface area (Å²) in [6.07, 6.45) is 4.54. The van der Waals surface area contributed by atoms with E-state index in [0.29, 0.717) is 30.6 Å². The minimum atomic E-state index is -4.37. The van der Waals surface area contributed by atoms with Crippen molar-refractivity contribution >= 4 is 11.7 Å². The largest absolute Gasteiger partial charge is 0.405 e. The Morgan fingerprint density at radius 3 is 2.57 bits per heavy atom. The zero-order chi connectivity index (χ0) is 20.3. The Bertz CT molecular complexity index is 715. The van der Waals surface area contributed by atoms with E-state index < -0.39 is 18.6 Å². The minimum Gasteiger partial charge on any atom is -0.347 e. The normalized spacial score (nSPS) is 42.9. The quantitative estimate of drug-likeness (QED) is 0.727. The van der Waals surface area contributed by atoms with E-state index in [1.54, 1.807) is 0 Å². The average Bonchev–Trinajstić information content (AvgIpc) is 2.97. The number of allylic oxidation sites excluding steroid dienone is 1. The Labute approximate surface area is 164 Å². The number of amides is 1. The Balaban J connectivity index is 1.53. The van der Waals surface area contributed by atoms with Crippen molar-refractivity contribution in [3.63, 3.8) is 0 Å². The lowest BCUT2D eigenvalue weighted by Gasteiger charge is -2.58. The summed E-state index contributed by atoms with van der Waals surface area (Å²) in [6.45, 7) is 3.21. The van der Waals surface area contributed by atoms with Crippen molar-refractivity contribution in [2.24, 2.45) is 34.5 Å². The highest BCUT2D eigenvalue weighted by atomic mass is 19.4. The standard InChI is InChI=1S/C22H30F3NO2/c1-20-9-7-14(27)11-13(20)3-4-15-16-5-6-18(19(28)26-12-22(23,24)25)21(16,2)10-8-17(15)20/h11,15-18H,3-10,12H2,1-2H3,(H,26,28)/t15-,16-,17-,18+,20-,21-/m0/s1. The van der Waals surface area contributed by atoms with Crippen molar-refractivity contribution in [3.05, 3.63) is 11.6 Å². The maximum absolute atomic E-state index is 12.6. The lowest BCUT2D eigenvalue weighted by Crippen LogP contribution is -2.52. The van der Waals surface area contributed by atoms with Crippen LogP contribution in [0.3, 0.4) is 0 Å². The fourth-order valence-corrected chi connectivity index (χ4v) is 7.30. The summed E-state index contributed by atoms with van der Waals surface area (Å²) in [5.74, 6) is 0.924. The van der Waals surface area contributed by atoms with Crippen LogP contribution < -0.4 is 5.32 Å². The van der Waals surface area contributed by atoms with Gasteiger partial charge in [0.25, 0.3) is 0 Å². The molecule has 0 aliphatic heterocycles. The first-order valence-electron chi connectivity index (χ1n) is 10.6. The Hall–Kier alpha value is -1.33. The number of hydrogen-bond donors (Lipinski definition) is 1. The van der Waals surface area contributed by atoms with Gasteiger partial charge < -0.3 is 5.32 Å². The fraction of sp³-hybridized carbons (Fsp3) is 0.818. The average molecular weight is 397 g/mol. The van der Waals surface area contributed by atoms with Gasteiger partial charge in [-0.25, -0.2) is 0 Å². The van der Waals surface area contributed by atoms with Crippen LogP contribution in [-0.4, -0.2) is 24.4 Å². The SMILES string of the molecule is C[C@]12CC[C@H]3[C@@H](CCC4=CC(=O)CC[C@@]43C)[C@@H]1CC[C@@H]2C(=O)NCC(F)(F)F. The smallest absolute Gasteiger partial charge is 0.347 e. The molecule has 3 nitrogen and oxygen atoms in total. The van der Waals surface area contributed by atoms with E-state index in [9.17, 15) is 22.8 Å². The summed E-state index contributed by atoms with van der Waals surface area (Å²) in [6, 6.07) is 0. The van der Waals surface area contributed by atoms with Crippen LogP contribution in [0.25, 0.3) is 0 Å². The van der Waals surface area contributed by atoms with E-state index in [2.05, 4.69) is 19.2 Å². The first-order valence-corrected chi connectivity index (χ1v) is 10.6. The molecule has 0 spiro atoms. The lowest BCUT2D eigenvalue weighted by atomic mass is 9.47. The van der Waals surface area contributed by atoms with Crippen LogP contribution in [0.2, 0.25) is 0 Å². The number of fused-ring (bicyclic) bond motifs is 5. The number of nitrogens with one attached hydrogen (secondary N) is 1. The van der Waals surface area contributed by atoms with Gasteiger partial charge in [-0.2, -0.15) is 13.2 Å². The molecule has 0 heterocycles. The molecule has 6 heteroatoms. The molecule has 0 saturated heterocycles. The van der Waals surface area contributed by atoms with Crippen LogP contribution >= 0.6 is 0 Å². The predicted molar refractivity (Wildman–Crippen MR) is 99.3 cm³/mol. The second-order valence-corrected chi connectivity index (χ2v) is 9.98. The van der Waals surface area contributed by atoms with E-state index in [4.69, 9.17) is 0 Å². The maximum atomic E-state index is 12.6. The third-order valence-electron chi connectivity index (χ3n) is 8.74. The number of halogens is 3. The first-order chi connectivity index (χ1) is 13.0. The third kappa shape index (κ3) is 3.11. The summed E-state index contributed by atoms with van der Waals surface area (Å²) in [5.41, 5.74) is 1.18. The van der Waals surface area contributed by atoms with Crippen LogP contribution in [0.4, 0.5) is 13.2 Å². The number of carbonyl (C=O) groups is 2. The van der Waals surface area contributed by atoms with Gasteiger partial charge in [-0.1, -0.05) is 19.4 Å². The second kappa shape index (κ2) is 6.60. The van der Waals surface area contributed by atoms with Crippen LogP contribution in [0.15, 0.2) is 11.6 Å². The van der Waals surface area contributed by atoms with Crippen LogP contribution in [-0.2, 0) is 9.59 Å². The highest BCUT2D eigenvalue weighted by Gasteiger charge is 2.60. The van der Waals surface area contributed by atoms with Gasteiger partial charge in [0.15, 0.2) is 5.78 Å². The minimum absolute atomic E-state index is 0.0782. The van der Waals surface area contributed by atoms with E-state index in [-0.39, 0.29) is 22.5 Å². The maximum Gasteiger partial charge on any atom is 0.405 e. The van der Waals surface area contributed by atoms with Gasteiger partial charge >= 0.3 is 6.18 Å². The molecule has 0 aromatic heterocycles. The van der Waals surface area contributed by atoms with Crippen molar-refractivity contribution in [1.82, 2.24) is 5.32 Å². The number of hydrogen-bond acceptors (Lipinski definition) is 2. The van der Waals surface area contributed by atoms with E-state index in [1.165, 1.54) is 5.57 Å². The van der Waals surface area contributed by atoms with Crippen LogP contribution in [0, 0.1) is 34.5 Å². The van der Waals surface area contributed by atoms with Crippen molar-refractivity contribution in [3.8, 4) is 0 Å². The van der Waals surface area contributed by atoms with Crippen molar-refractivity contribution in [1.29, 1.82) is 0 Å². The van der Waals surface area contributed by atoms with Crippen molar-refractivity contribution in [2.75, 3.05) is 6.54 Å². The molecular formula is C22H30F3NO2. The molecule has 0 bridgehead atoms. The summed E-state index contributed by atoms with van der Waals surface area (Å²) in [7, 11) is 0. The van der Waals surface area contributed by atoms with Gasteiger partial charge in [-0.05, 0) is 79.6 Å². The molecule has 4 aliphatic carbocycles. The van der Waals surface area contributed by atoms with Crippen LogP contribution in [0.5, 0.6) is 0 Å². The molecule has 28 heavy (non-hydrogen) atoms. The molecule has 0 radical (unpaired) electrons. The monoisotopic (exact) mass is 397 g/mol. The van der Waals surface area contributed by atoms with Gasteiger partial charge in [0.1, 0.15) is 6.54 Å². The van der Waals surface area contributed by atoms with Crippen LogP contribution in [0.1, 0.15) is 65.2 Å². The topological polar surface area (TPSA) is 46.2 Å². The number of ketones is 1. The first kappa shape index (κ1) is 20.0. The van der Waals surface area contributed by atoms with E-state index in [0.717, 1.165) is 38.5 Å². The lowest BCUT2D eigenvalue weighted by molar-refractivity contribution is -0.145. The van der Waals surface area contributed by atoms with E-state index >= 15 is 0 Å². The highest BCUT2D eigenvalue weighted by Crippen LogP contribution is 2.66. The molecule has 4 aliphatic rings. The second-order valence-electron chi connectivity index (χ2n) is 9.98. The van der Waals surface area contributed by atoms with Gasteiger partial charge in [-0.15, -0.1) is 0 Å². The molecular weight excluding hydrogens is 367 g/mol. The van der Waals surface area contributed by atoms with Gasteiger partial charge in [0.2, 0.25) is 5.91 Å². The van der Waals surface area contributed by atoms with E-state index in [1.807, 2.05) is 6.08 Å². The molecule has 3 saturated carbocycles. The Kier molecular flexibility index (Phi) is 4.70. The molecule has 1 N–H and O–H groups in total. The molecule has 156 valence electrons. The third-order valence-corrected chi connectivity index (χ3v) is 8.74. The molecule has 0 aromatic rings. The summed E-state index contributed by atoms with van der Waals surface area (Å²) in [5, 5.41) is 2.14. The molecule has 4 rings (SSSR count). The zero-order valence-corrected chi connectivity index (χ0v) is 16.7. The summed E-state index contributed by atoms with van der Waals surface area (Å²) in [4.78, 5) is 24.5. The van der Waals surface area contributed by atoms with Gasteiger partial charge in [0, 0.05) is 12.3 Å². The van der Waals surface area contributed by atoms with Gasteiger partial charge in [-0.3, -0.25) is 9.59 Å². The summed E-state index contributed by atoms with van der Waals surface area (Å²) < 4.78 is 37.6. The number of carbonyl (C=O) groups excluding carboxylic acids is 2. The fourth-order valence-electron chi connectivity index (χ4n) is 7.30. The Morgan fingerprint density at radius 1 is 1.11 bits per heavy atom. The van der Waals surface area contributed by atoms with Crippen molar-refractivity contribution < 1.29 is 22.8 Å². The highest BCUT2D eigenvalue weighted by molar-refractivity contribution is 5.91. The zero-order valence-electron chi connectivity index (χ0n) is 16.7. The molecule has 3 fully saturated rings. The molecule has 1 amide bonds. The number of alkyl halides is 3. The summed E-state index contributed by atoms with van der Waals surface area (Å²) >= 11 is 0. The molecule has 6 atom stereocenters. The van der Waals surface area contributed by atoms with Gasteiger partial charge in [0.05, 0.1) is 0 Å².